The number of carbonyl (C=O) groups excluding carboxylic acids is 2. The number of guanidine groups is 1. The van der Waals surface area contributed by atoms with Crippen LogP contribution in [0.4, 0.5) is 0 Å². The molecule has 0 aromatic carbocycles. The lowest BCUT2D eigenvalue weighted by Crippen LogP contribution is -2.64. The SMILES string of the molecule is NCCCCCCNC(=O)[C@H]1CN(C2CC2)[C@@H](CCCN=C(N)N)C(=O)N1. The molecule has 0 aromatic heterocycles. The monoisotopic (exact) mass is 381 g/mol. The van der Waals surface area contributed by atoms with Gasteiger partial charge in [0.05, 0.1) is 6.04 Å². The van der Waals surface area contributed by atoms with Crippen molar-refractivity contribution in [1.29, 1.82) is 0 Å². The number of hydrogen-bond acceptors (Lipinski definition) is 5. The Balaban J connectivity index is 1.78. The number of nitrogens with zero attached hydrogens (tertiary/aromatic N) is 2. The number of piperazine rings is 1. The summed E-state index contributed by atoms with van der Waals surface area (Å²) < 4.78 is 0. The third kappa shape index (κ3) is 7.34. The van der Waals surface area contributed by atoms with Crippen LogP contribution in [-0.2, 0) is 9.59 Å². The van der Waals surface area contributed by atoms with Crippen LogP contribution < -0.4 is 27.8 Å². The van der Waals surface area contributed by atoms with Gasteiger partial charge < -0.3 is 27.8 Å². The molecule has 8 N–H and O–H groups in total. The molecule has 9 nitrogen and oxygen atoms in total. The summed E-state index contributed by atoms with van der Waals surface area (Å²) in [5.41, 5.74) is 16.2. The standard InChI is InChI=1S/C18H35N7O2/c19-9-3-1-2-4-10-22-16(26)14-12-25(13-7-8-13)15(17(27)24-14)6-5-11-23-18(20)21/h13-15H,1-12,19H2,(H,22,26)(H,24,27)(H4,20,21,23)/t14-,15+/m1/s1. The summed E-state index contributed by atoms with van der Waals surface area (Å²) in [6, 6.07) is -0.265. The highest BCUT2D eigenvalue weighted by Gasteiger charge is 2.43. The maximum absolute atomic E-state index is 12.6. The summed E-state index contributed by atoms with van der Waals surface area (Å²) in [7, 11) is 0. The molecule has 2 rings (SSSR count). The van der Waals surface area contributed by atoms with E-state index in [4.69, 9.17) is 17.2 Å². The summed E-state index contributed by atoms with van der Waals surface area (Å²) >= 11 is 0. The molecule has 1 heterocycles. The first-order valence-corrected chi connectivity index (χ1v) is 10.1. The van der Waals surface area contributed by atoms with Crippen LogP contribution >= 0.6 is 0 Å². The number of unbranched alkanes of at least 4 members (excludes halogenated alkanes) is 3. The molecule has 27 heavy (non-hydrogen) atoms. The molecular weight excluding hydrogens is 346 g/mol. The van der Waals surface area contributed by atoms with Gasteiger partial charge in [0.15, 0.2) is 5.96 Å². The summed E-state index contributed by atoms with van der Waals surface area (Å²) in [6.07, 6.45) is 7.71. The van der Waals surface area contributed by atoms with Crippen LogP contribution in [0.5, 0.6) is 0 Å². The Morgan fingerprint density at radius 2 is 1.93 bits per heavy atom. The van der Waals surface area contributed by atoms with Crippen molar-refractivity contribution in [2.45, 2.75) is 69.5 Å². The molecule has 0 radical (unpaired) electrons. The third-order valence-electron chi connectivity index (χ3n) is 5.11. The Morgan fingerprint density at radius 1 is 1.19 bits per heavy atom. The van der Waals surface area contributed by atoms with Gasteiger partial charge in [-0.1, -0.05) is 12.8 Å². The minimum atomic E-state index is -0.476. The number of nitrogens with one attached hydrogen (secondary N) is 2. The Bertz CT molecular complexity index is 518. The van der Waals surface area contributed by atoms with E-state index in [1.54, 1.807) is 0 Å². The fourth-order valence-electron chi connectivity index (χ4n) is 3.51. The van der Waals surface area contributed by atoms with E-state index in [-0.39, 0.29) is 23.8 Å². The topological polar surface area (TPSA) is 152 Å². The van der Waals surface area contributed by atoms with Crippen molar-refractivity contribution in [3.63, 3.8) is 0 Å². The molecule has 9 heteroatoms. The first-order valence-electron chi connectivity index (χ1n) is 10.1. The summed E-state index contributed by atoms with van der Waals surface area (Å²) in [5.74, 6) is -0.0883. The van der Waals surface area contributed by atoms with Crippen molar-refractivity contribution in [2.75, 3.05) is 26.2 Å². The van der Waals surface area contributed by atoms with Crippen LogP contribution in [-0.4, -0.2) is 67.0 Å². The normalized spacial score (nSPS) is 22.9. The minimum absolute atomic E-state index is 0.0686. The fourth-order valence-corrected chi connectivity index (χ4v) is 3.51. The average Bonchev–Trinajstić information content (AvgIpc) is 3.47. The summed E-state index contributed by atoms with van der Waals surface area (Å²) in [6.45, 7) is 2.44. The lowest BCUT2D eigenvalue weighted by molar-refractivity contribution is -0.137. The van der Waals surface area contributed by atoms with Crippen LogP contribution in [0.3, 0.4) is 0 Å². The van der Waals surface area contributed by atoms with Gasteiger partial charge in [-0.05, 0) is 45.1 Å². The second-order valence-corrected chi connectivity index (χ2v) is 7.45. The van der Waals surface area contributed by atoms with Gasteiger partial charge in [0.25, 0.3) is 0 Å². The first kappa shape index (κ1) is 21.4. The van der Waals surface area contributed by atoms with E-state index in [2.05, 4.69) is 20.5 Å². The summed E-state index contributed by atoms with van der Waals surface area (Å²) in [5, 5.41) is 5.85. The third-order valence-corrected chi connectivity index (χ3v) is 5.11. The Morgan fingerprint density at radius 3 is 2.59 bits per heavy atom. The van der Waals surface area contributed by atoms with Crippen molar-refractivity contribution in [3.8, 4) is 0 Å². The zero-order chi connectivity index (χ0) is 19.6. The average molecular weight is 382 g/mol. The van der Waals surface area contributed by atoms with Crippen LogP contribution in [0.1, 0.15) is 51.4 Å². The molecule has 1 saturated carbocycles. The highest BCUT2D eigenvalue weighted by Crippen LogP contribution is 2.31. The molecule has 2 amide bonds. The smallest absolute Gasteiger partial charge is 0.243 e. The number of aliphatic imine (C=N–C) groups is 1. The molecule has 0 bridgehead atoms. The largest absolute Gasteiger partial charge is 0.370 e. The van der Waals surface area contributed by atoms with E-state index in [1.165, 1.54) is 0 Å². The van der Waals surface area contributed by atoms with Crippen molar-refractivity contribution in [3.05, 3.63) is 0 Å². The lowest BCUT2D eigenvalue weighted by atomic mass is 10.0. The Labute approximate surface area is 161 Å². The van der Waals surface area contributed by atoms with Crippen molar-refractivity contribution in [2.24, 2.45) is 22.2 Å². The second-order valence-electron chi connectivity index (χ2n) is 7.45. The van der Waals surface area contributed by atoms with Gasteiger partial charge in [-0.3, -0.25) is 19.5 Å². The zero-order valence-electron chi connectivity index (χ0n) is 16.2. The molecule has 0 spiro atoms. The molecule has 1 aliphatic heterocycles. The second kappa shape index (κ2) is 11.1. The van der Waals surface area contributed by atoms with Crippen LogP contribution in [0, 0.1) is 0 Å². The molecule has 0 aromatic rings. The van der Waals surface area contributed by atoms with Crippen molar-refractivity contribution >= 4 is 17.8 Å². The van der Waals surface area contributed by atoms with E-state index >= 15 is 0 Å². The Hall–Kier alpha value is -1.87. The van der Waals surface area contributed by atoms with E-state index < -0.39 is 6.04 Å². The first-order chi connectivity index (χ1) is 13.0. The quantitative estimate of drug-likeness (QED) is 0.166. The van der Waals surface area contributed by atoms with Gasteiger partial charge in [-0.25, -0.2) is 0 Å². The molecule has 2 fully saturated rings. The van der Waals surface area contributed by atoms with Gasteiger partial charge in [0.1, 0.15) is 6.04 Å². The van der Waals surface area contributed by atoms with Crippen LogP contribution in [0.2, 0.25) is 0 Å². The number of carbonyl (C=O) groups is 2. The van der Waals surface area contributed by atoms with Crippen LogP contribution in [0.25, 0.3) is 0 Å². The number of nitrogens with two attached hydrogens (primary N) is 3. The zero-order valence-corrected chi connectivity index (χ0v) is 16.2. The predicted molar refractivity (Wildman–Crippen MR) is 106 cm³/mol. The lowest BCUT2D eigenvalue weighted by Gasteiger charge is -2.39. The molecule has 1 aliphatic carbocycles. The van der Waals surface area contributed by atoms with Crippen molar-refractivity contribution < 1.29 is 9.59 Å². The molecule has 2 aliphatic rings. The maximum atomic E-state index is 12.6. The maximum Gasteiger partial charge on any atom is 0.243 e. The number of hydrogen-bond donors (Lipinski definition) is 5. The fraction of sp³-hybridized carbons (Fsp3) is 0.833. The van der Waals surface area contributed by atoms with Gasteiger partial charge in [-0.2, -0.15) is 0 Å². The van der Waals surface area contributed by atoms with Gasteiger partial charge in [0.2, 0.25) is 11.8 Å². The number of rotatable bonds is 12. The molecule has 2 atom stereocenters. The molecular formula is C18H35N7O2. The minimum Gasteiger partial charge on any atom is -0.370 e. The molecule has 0 unspecified atom stereocenters. The molecule has 154 valence electrons. The summed E-state index contributed by atoms with van der Waals surface area (Å²) in [4.78, 5) is 31.2. The van der Waals surface area contributed by atoms with Crippen LogP contribution in [0.15, 0.2) is 4.99 Å². The van der Waals surface area contributed by atoms with E-state index in [0.717, 1.165) is 44.9 Å². The van der Waals surface area contributed by atoms with Gasteiger partial charge in [0, 0.05) is 25.7 Å². The number of amides is 2. The predicted octanol–water partition coefficient (Wildman–Crippen LogP) is -0.993. The highest BCUT2D eigenvalue weighted by molar-refractivity contribution is 5.91. The van der Waals surface area contributed by atoms with Gasteiger partial charge in [-0.15, -0.1) is 0 Å². The van der Waals surface area contributed by atoms with E-state index in [1.807, 2.05) is 0 Å². The highest BCUT2D eigenvalue weighted by atomic mass is 16.2. The van der Waals surface area contributed by atoms with E-state index in [0.29, 0.717) is 38.6 Å². The van der Waals surface area contributed by atoms with Crippen molar-refractivity contribution in [1.82, 2.24) is 15.5 Å². The Kier molecular flexibility index (Phi) is 8.80. The van der Waals surface area contributed by atoms with Gasteiger partial charge >= 0.3 is 0 Å². The molecule has 1 saturated heterocycles. The van der Waals surface area contributed by atoms with E-state index in [9.17, 15) is 9.59 Å².